The Hall–Kier alpha value is -4.35. The van der Waals surface area contributed by atoms with Gasteiger partial charge in [0, 0.05) is 69.7 Å². The first kappa shape index (κ1) is 32.6. The summed E-state index contributed by atoms with van der Waals surface area (Å²) in [6, 6.07) is 26.1. The second-order valence-electron chi connectivity index (χ2n) is 12.2. The average molecular weight is 637 g/mol. The van der Waals surface area contributed by atoms with Crippen LogP contribution in [0.25, 0.3) is 11.1 Å². The van der Waals surface area contributed by atoms with E-state index in [1.54, 1.807) is 12.4 Å². The van der Waals surface area contributed by atoms with Gasteiger partial charge in [0.1, 0.15) is 0 Å². The highest BCUT2D eigenvalue weighted by Crippen LogP contribution is 2.42. The molecule has 0 spiro atoms. The maximum atomic E-state index is 12.0. The number of amides is 2. The molecule has 2 fully saturated rings. The molecule has 0 bridgehead atoms. The number of benzene rings is 3. The highest BCUT2D eigenvalue weighted by atomic mass is 16.7. The van der Waals surface area contributed by atoms with Gasteiger partial charge in [0.25, 0.3) is 0 Å². The van der Waals surface area contributed by atoms with Crippen LogP contribution in [0.5, 0.6) is 0 Å². The summed E-state index contributed by atoms with van der Waals surface area (Å²) in [6.45, 7) is 9.43. The van der Waals surface area contributed by atoms with Crippen molar-refractivity contribution in [3.63, 3.8) is 0 Å². The van der Waals surface area contributed by atoms with Gasteiger partial charge in [-0.2, -0.15) is 0 Å². The van der Waals surface area contributed by atoms with Gasteiger partial charge >= 0.3 is 6.03 Å². The van der Waals surface area contributed by atoms with Crippen LogP contribution in [0.15, 0.2) is 91.3 Å². The molecule has 4 aromatic rings. The van der Waals surface area contributed by atoms with Crippen LogP contribution in [0.1, 0.15) is 48.5 Å². The Bertz CT molecular complexity index is 1580. The van der Waals surface area contributed by atoms with Crippen LogP contribution in [0.3, 0.4) is 0 Å². The highest BCUT2D eigenvalue weighted by Gasteiger charge is 2.39. The Morgan fingerprint density at radius 1 is 0.872 bits per heavy atom. The Balaban J connectivity index is 1.19. The number of aliphatic hydroxyl groups is 1. The number of carbonyl (C=O) groups excluding carboxylic acids is 1. The summed E-state index contributed by atoms with van der Waals surface area (Å²) >= 11 is 0. The second kappa shape index (κ2) is 15.5. The zero-order valence-electron chi connectivity index (χ0n) is 27.1. The lowest BCUT2D eigenvalue weighted by Crippen LogP contribution is -2.51. The van der Waals surface area contributed by atoms with Crippen molar-refractivity contribution in [3.8, 4) is 11.1 Å². The Morgan fingerprint density at radius 3 is 2.28 bits per heavy atom. The quantitative estimate of drug-likeness (QED) is 0.221. The number of ether oxygens (including phenoxy) is 2. The van der Waals surface area contributed by atoms with Gasteiger partial charge in [-0.1, -0.05) is 79.7 Å². The monoisotopic (exact) mass is 636 g/mol. The summed E-state index contributed by atoms with van der Waals surface area (Å²) in [5.74, 6) is 0.879. The highest BCUT2D eigenvalue weighted by molar-refractivity contribution is 5.74. The van der Waals surface area contributed by atoms with Crippen molar-refractivity contribution in [2.24, 2.45) is 5.92 Å². The van der Waals surface area contributed by atoms with Gasteiger partial charge in [0.2, 0.25) is 5.95 Å². The molecule has 0 saturated carbocycles. The molecule has 10 nitrogen and oxygen atoms in total. The third-order valence-corrected chi connectivity index (χ3v) is 9.06. The number of rotatable bonds is 10. The average Bonchev–Trinajstić information content (AvgIpc) is 3.13. The van der Waals surface area contributed by atoms with Crippen LogP contribution in [0.2, 0.25) is 0 Å². The number of carbonyl (C=O) groups is 1. The first-order valence-corrected chi connectivity index (χ1v) is 16.5. The molecule has 2 aliphatic heterocycles. The molecule has 0 unspecified atom stereocenters. The first-order valence-electron chi connectivity index (χ1n) is 16.5. The Labute approximate surface area is 276 Å². The van der Waals surface area contributed by atoms with E-state index in [1.165, 1.54) is 0 Å². The van der Waals surface area contributed by atoms with Crippen molar-refractivity contribution in [1.82, 2.24) is 25.5 Å². The predicted molar refractivity (Wildman–Crippen MR) is 181 cm³/mol. The number of urea groups is 1. The minimum atomic E-state index is -0.540. The van der Waals surface area contributed by atoms with Crippen molar-refractivity contribution in [2.75, 3.05) is 44.2 Å². The lowest BCUT2D eigenvalue weighted by atomic mass is 9.89. The molecule has 2 saturated heterocycles. The van der Waals surface area contributed by atoms with Crippen LogP contribution in [-0.4, -0.2) is 71.4 Å². The number of nitrogens with zero attached hydrogens (tertiary/aromatic N) is 4. The number of hydrogen-bond donors (Lipinski definition) is 3. The van der Waals surface area contributed by atoms with E-state index >= 15 is 0 Å². The van der Waals surface area contributed by atoms with Crippen LogP contribution in [-0.2, 0) is 22.6 Å². The third kappa shape index (κ3) is 7.97. The van der Waals surface area contributed by atoms with Gasteiger partial charge in [-0.3, -0.25) is 4.90 Å². The summed E-state index contributed by atoms with van der Waals surface area (Å²) in [5, 5.41) is 15.3. The third-order valence-electron chi connectivity index (χ3n) is 9.06. The van der Waals surface area contributed by atoms with Crippen LogP contribution >= 0.6 is 0 Å². The van der Waals surface area contributed by atoms with Crippen molar-refractivity contribution < 1.29 is 19.4 Å². The summed E-state index contributed by atoms with van der Waals surface area (Å²) in [5.41, 5.74) is 6.06. The minimum Gasteiger partial charge on any atom is -0.392 e. The molecule has 10 heteroatoms. The zero-order chi connectivity index (χ0) is 32.6. The fourth-order valence-electron chi connectivity index (χ4n) is 6.34. The predicted octanol–water partition coefficient (Wildman–Crippen LogP) is 5.07. The van der Waals surface area contributed by atoms with E-state index in [4.69, 9.17) is 9.47 Å². The molecule has 4 atom stereocenters. The SMILES string of the molecule is CCNC(=O)NCc1ccccc1-c1ccc([C@H]2O[C@@H](CN3CCN(c4ncccn4)CC3)[C@@H](C)[C@@H](c3ccc(CO)cc3)O2)cc1. The largest absolute Gasteiger partial charge is 0.392 e. The van der Waals surface area contributed by atoms with E-state index in [0.717, 1.165) is 72.1 Å². The number of aromatic nitrogens is 2. The van der Waals surface area contributed by atoms with Gasteiger partial charge in [-0.15, -0.1) is 0 Å². The molecule has 3 N–H and O–H groups in total. The van der Waals surface area contributed by atoms with E-state index in [1.807, 2.05) is 43.3 Å². The molecule has 3 heterocycles. The second-order valence-corrected chi connectivity index (χ2v) is 12.2. The molecule has 246 valence electrons. The standard InChI is InChI=1S/C37H44N6O4/c1-3-38-37(45)41-23-31-7-4-5-8-32(31)28-13-15-30(16-14-28)35-46-33(26(2)34(47-35)29-11-9-27(25-44)10-12-29)24-42-19-21-43(22-20-42)36-39-17-6-18-40-36/h4-18,26,33-35,44H,3,19-25H2,1-2H3,(H2,38,41,45)/t26-,33+,34+,35+/m1/s1. The van der Waals surface area contributed by atoms with E-state index < -0.39 is 6.29 Å². The van der Waals surface area contributed by atoms with Crippen molar-refractivity contribution >= 4 is 12.0 Å². The molecule has 2 amide bonds. The fraction of sp³-hybridized carbons (Fsp3) is 0.378. The van der Waals surface area contributed by atoms with Gasteiger partial charge in [0.05, 0.1) is 18.8 Å². The summed E-state index contributed by atoms with van der Waals surface area (Å²) in [4.78, 5) is 25.6. The zero-order valence-corrected chi connectivity index (χ0v) is 27.1. The lowest BCUT2D eigenvalue weighted by molar-refractivity contribution is -0.276. The number of piperazine rings is 1. The maximum absolute atomic E-state index is 12.0. The van der Waals surface area contributed by atoms with Crippen LogP contribution < -0.4 is 15.5 Å². The molecular weight excluding hydrogens is 592 g/mol. The maximum Gasteiger partial charge on any atom is 0.315 e. The fourth-order valence-corrected chi connectivity index (χ4v) is 6.34. The van der Waals surface area contributed by atoms with E-state index in [2.05, 4.69) is 79.8 Å². The number of nitrogens with one attached hydrogen (secondary N) is 2. The molecular formula is C37H44N6O4. The topological polar surface area (TPSA) is 112 Å². The van der Waals surface area contributed by atoms with E-state index in [0.29, 0.717) is 13.1 Å². The molecule has 3 aromatic carbocycles. The minimum absolute atomic E-state index is 0.00714. The Kier molecular flexibility index (Phi) is 10.7. The van der Waals surface area contributed by atoms with Crippen molar-refractivity contribution in [2.45, 2.75) is 45.5 Å². The number of aliphatic hydroxyl groups excluding tert-OH is 1. The molecule has 1 aromatic heterocycles. The van der Waals surface area contributed by atoms with Crippen LogP contribution in [0, 0.1) is 5.92 Å². The number of hydrogen-bond acceptors (Lipinski definition) is 8. The van der Waals surface area contributed by atoms with Crippen molar-refractivity contribution in [1.29, 1.82) is 0 Å². The molecule has 6 rings (SSSR count). The normalized spacial score (nSPS) is 21.7. The summed E-state index contributed by atoms with van der Waals surface area (Å²) in [6.07, 6.45) is 2.80. The smallest absolute Gasteiger partial charge is 0.315 e. The van der Waals surface area contributed by atoms with E-state index in [9.17, 15) is 9.90 Å². The first-order chi connectivity index (χ1) is 23.0. The number of anilines is 1. The molecule has 2 aliphatic rings. The lowest BCUT2D eigenvalue weighted by Gasteiger charge is -2.44. The summed E-state index contributed by atoms with van der Waals surface area (Å²) < 4.78 is 13.5. The van der Waals surface area contributed by atoms with Crippen molar-refractivity contribution in [3.05, 3.63) is 114 Å². The van der Waals surface area contributed by atoms with Crippen LogP contribution in [0.4, 0.5) is 10.7 Å². The van der Waals surface area contributed by atoms with Gasteiger partial charge < -0.3 is 30.1 Å². The van der Waals surface area contributed by atoms with Gasteiger partial charge in [-0.05, 0) is 40.8 Å². The molecule has 0 radical (unpaired) electrons. The molecule has 0 aliphatic carbocycles. The summed E-state index contributed by atoms with van der Waals surface area (Å²) in [7, 11) is 0. The van der Waals surface area contributed by atoms with Gasteiger partial charge in [0.15, 0.2) is 6.29 Å². The Morgan fingerprint density at radius 2 is 1.57 bits per heavy atom. The van der Waals surface area contributed by atoms with Gasteiger partial charge in [-0.25, -0.2) is 14.8 Å². The molecule has 47 heavy (non-hydrogen) atoms. The van der Waals surface area contributed by atoms with E-state index in [-0.39, 0.29) is 30.8 Å².